The molecule has 28 heavy (non-hydrogen) atoms. The summed E-state index contributed by atoms with van der Waals surface area (Å²) in [6, 6.07) is 15.9. The molecule has 2 rings (SSSR count). The monoisotopic (exact) mass is 513 g/mol. The fourth-order valence-electron chi connectivity index (χ4n) is 2.35. The van der Waals surface area contributed by atoms with E-state index >= 15 is 0 Å². The molecule has 0 aliphatic rings. The smallest absolute Gasteiger partial charge is 0.227 e. The van der Waals surface area contributed by atoms with Crippen molar-refractivity contribution in [1.29, 1.82) is 0 Å². The molecular formula is C20H28IN5OS. The quantitative estimate of drug-likeness (QED) is 0.217. The zero-order valence-corrected chi connectivity index (χ0v) is 19.6. The summed E-state index contributed by atoms with van der Waals surface area (Å²) in [5.41, 5.74) is 0.873. The number of thioether (sulfide) groups is 1. The van der Waals surface area contributed by atoms with Crippen LogP contribution in [0.4, 0.5) is 5.82 Å². The van der Waals surface area contributed by atoms with Gasteiger partial charge in [-0.05, 0) is 31.2 Å². The van der Waals surface area contributed by atoms with Gasteiger partial charge in [0, 0.05) is 42.4 Å². The minimum Gasteiger partial charge on any atom is -0.356 e. The second-order valence-electron chi connectivity index (χ2n) is 6.08. The highest BCUT2D eigenvalue weighted by molar-refractivity contribution is 14.0. The van der Waals surface area contributed by atoms with Crippen LogP contribution in [-0.2, 0) is 4.79 Å². The Bertz CT molecular complexity index is 757. The number of aryl methyl sites for hydroxylation is 1. The third-order valence-corrected chi connectivity index (χ3v) is 4.77. The van der Waals surface area contributed by atoms with Gasteiger partial charge in [0.05, 0.1) is 0 Å². The number of hydrogen-bond acceptors (Lipinski definition) is 4. The Labute approximate surface area is 188 Å². The molecular weight excluding hydrogens is 485 g/mol. The molecule has 0 spiro atoms. The lowest BCUT2D eigenvalue weighted by atomic mass is 10.3. The van der Waals surface area contributed by atoms with Crippen LogP contribution in [-0.4, -0.2) is 42.2 Å². The van der Waals surface area contributed by atoms with Gasteiger partial charge in [-0.3, -0.25) is 9.79 Å². The number of guanidine groups is 1. The number of carbonyl (C=O) groups excluding carboxylic acids is 1. The SMILES string of the molecule is CN=C(NCCC(=O)Nc1cccc(C)n1)NCC(C)Sc1ccccc1.I. The van der Waals surface area contributed by atoms with Crippen LogP contribution >= 0.6 is 35.7 Å². The highest BCUT2D eigenvalue weighted by Crippen LogP contribution is 2.21. The minimum absolute atomic E-state index is 0. The molecule has 1 unspecified atom stereocenters. The number of aromatic nitrogens is 1. The van der Waals surface area contributed by atoms with Crippen LogP contribution in [0, 0.1) is 6.92 Å². The summed E-state index contributed by atoms with van der Waals surface area (Å²) in [6.07, 6.45) is 0.338. The zero-order chi connectivity index (χ0) is 19.5. The van der Waals surface area contributed by atoms with E-state index in [0.717, 1.165) is 12.2 Å². The Morgan fingerprint density at radius 1 is 1.14 bits per heavy atom. The number of nitrogens with one attached hydrogen (secondary N) is 3. The number of anilines is 1. The molecule has 0 fully saturated rings. The first kappa shape index (κ1) is 24.2. The van der Waals surface area contributed by atoms with Crippen LogP contribution in [0.1, 0.15) is 19.0 Å². The molecule has 3 N–H and O–H groups in total. The van der Waals surface area contributed by atoms with Crippen molar-refractivity contribution in [1.82, 2.24) is 15.6 Å². The Morgan fingerprint density at radius 3 is 2.57 bits per heavy atom. The molecule has 6 nitrogen and oxygen atoms in total. The number of rotatable bonds is 8. The van der Waals surface area contributed by atoms with E-state index in [-0.39, 0.29) is 29.9 Å². The molecule has 1 amide bonds. The summed E-state index contributed by atoms with van der Waals surface area (Å²) < 4.78 is 0. The largest absolute Gasteiger partial charge is 0.356 e. The number of nitrogens with zero attached hydrogens (tertiary/aromatic N) is 2. The molecule has 0 radical (unpaired) electrons. The van der Waals surface area contributed by atoms with Gasteiger partial charge in [-0.15, -0.1) is 35.7 Å². The summed E-state index contributed by atoms with van der Waals surface area (Å²) >= 11 is 1.81. The minimum atomic E-state index is -0.0796. The fraction of sp³-hybridized carbons (Fsp3) is 0.350. The normalized spacial score (nSPS) is 11.9. The summed E-state index contributed by atoms with van der Waals surface area (Å²) in [4.78, 5) is 21.7. The summed E-state index contributed by atoms with van der Waals surface area (Å²) in [6.45, 7) is 5.33. The first-order chi connectivity index (χ1) is 13.1. The van der Waals surface area contributed by atoms with Crippen molar-refractivity contribution in [2.24, 2.45) is 4.99 Å². The van der Waals surface area contributed by atoms with Gasteiger partial charge in [-0.1, -0.05) is 31.2 Å². The number of amides is 1. The lowest BCUT2D eigenvalue weighted by molar-refractivity contribution is -0.116. The van der Waals surface area contributed by atoms with Crippen LogP contribution in [0.2, 0.25) is 0 Å². The van der Waals surface area contributed by atoms with Crippen molar-refractivity contribution in [3.05, 3.63) is 54.2 Å². The average molecular weight is 513 g/mol. The van der Waals surface area contributed by atoms with E-state index in [4.69, 9.17) is 0 Å². The van der Waals surface area contributed by atoms with Gasteiger partial charge in [0.15, 0.2) is 5.96 Å². The Morgan fingerprint density at radius 2 is 1.89 bits per heavy atom. The Balaban J connectivity index is 0.00000392. The topological polar surface area (TPSA) is 78.4 Å². The first-order valence-corrected chi connectivity index (χ1v) is 9.84. The summed E-state index contributed by atoms with van der Waals surface area (Å²) in [5.74, 6) is 1.19. The van der Waals surface area contributed by atoms with E-state index in [1.807, 2.05) is 49.0 Å². The summed E-state index contributed by atoms with van der Waals surface area (Å²) in [5, 5.41) is 9.65. The molecule has 8 heteroatoms. The molecule has 0 aliphatic carbocycles. The van der Waals surface area contributed by atoms with E-state index in [0.29, 0.717) is 30.0 Å². The van der Waals surface area contributed by atoms with E-state index in [9.17, 15) is 4.79 Å². The molecule has 152 valence electrons. The van der Waals surface area contributed by atoms with Gasteiger partial charge in [-0.25, -0.2) is 4.98 Å². The van der Waals surface area contributed by atoms with Crippen molar-refractivity contribution in [2.75, 3.05) is 25.5 Å². The van der Waals surface area contributed by atoms with Crippen LogP contribution in [0.25, 0.3) is 0 Å². The molecule has 1 aromatic heterocycles. The fourth-order valence-corrected chi connectivity index (χ4v) is 3.29. The van der Waals surface area contributed by atoms with Crippen molar-refractivity contribution in [2.45, 2.75) is 30.4 Å². The molecule has 0 saturated carbocycles. The van der Waals surface area contributed by atoms with Crippen LogP contribution < -0.4 is 16.0 Å². The van der Waals surface area contributed by atoms with Gasteiger partial charge in [0.25, 0.3) is 0 Å². The van der Waals surface area contributed by atoms with Gasteiger partial charge in [0.1, 0.15) is 5.82 Å². The van der Waals surface area contributed by atoms with Crippen LogP contribution in [0.5, 0.6) is 0 Å². The molecule has 1 heterocycles. The lowest BCUT2D eigenvalue weighted by Crippen LogP contribution is -2.41. The number of benzene rings is 1. The maximum Gasteiger partial charge on any atom is 0.227 e. The Kier molecular flexibility index (Phi) is 11.6. The molecule has 0 saturated heterocycles. The lowest BCUT2D eigenvalue weighted by Gasteiger charge is -2.16. The highest BCUT2D eigenvalue weighted by Gasteiger charge is 2.07. The second-order valence-corrected chi connectivity index (χ2v) is 7.60. The van der Waals surface area contributed by atoms with Crippen LogP contribution in [0.3, 0.4) is 0 Å². The van der Waals surface area contributed by atoms with Crippen molar-refractivity contribution < 1.29 is 4.79 Å². The van der Waals surface area contributed by atoms with E-state index in [1.54, 1.807) is 13.1 Å². The van der Waals surface area contributed by atoms with E-state index in [2.05, 4.69) is 45.0 Å². The molecule has 2 aromatic rings. The van der Waals surface area contributed by atoms with E-state index < -0.39 is 0 Å². The van der Waals surface area contributed by atoms with E-state index in [1.165, 1.54) is 4.90 Å². The maximum atomic E-state index is 12.0. The number of hydrogen-bond donors (Lipinski definition) is 3. The van der Waals surface area contributed by atoms with Crippen molar-refractivity contribution >= 4 is 53.4 Å². The Hall–Kier alpha value is -1.81. The molecule has 0 aliphatic heterocycles. The predicted octanol–water partition coefficient (Wildman–Crippen LogP) is 3.68. The van der Waals surface area contributed by atoms with Gasteiger partial charge in [0.2, 0.25) is 5.91 Å². The number of pyridine rings is 1. The van der Waals surface area contributed by atoms with Crippen molar-refractivity contribution in [3.8, 4) is 0 Å². The number of carbonyl (C=O) groups is 1. The number of halogens is 1. The highest BCUT2D eigenvalue weighted by atomic mass is 127. The third-order valence-electron chi connectivity index (χ3n) is 3.66. The van der Waals surface area contributed by atoms with Crippen molar-refractivity contribution in [3.63, 3.8) is 0 Å². The van der Waals surface area contributed by atoms with Crippen LogP contribution in [0.15, 0.2) is 58.4 Å². The standard InChI is InChI=1S/C20H27N5OS.HI/c1-15-8-7-11-18(24-15)25-19(26)12-13-22-20(21-3)23-14-16(2)27-17-9-5-4-6-10-17;/h4-11,16H,12-14H2,1-3H3,(H2,21,22,23)(H,24,25,26);1H. The van der Waals surface area contributed by atoms with Gasteiger partial charge in [-0.2, -0.15) is 0 Å². The average Bonchev–Trinajstić information content (AvgIpc) is 2.65. The molecule has 0 bridgehead atoms. The maximum absolute atomic E-state index is 12.0. The van der Waals surface area contributed by atoms with Gasteiger partial charge >= 0.3 is 0 Å². The third kappa shape index (κ3) is 9.41. The molecule has 1 atom stereocenters. The first-order valence-electron chi connectivity index (χ1n) is 8.96. The number of aliphatic imine (C=N–C) groups is 1. The summed E-state index contributed by atoms with van der Waals surface area (Å²) in [7, 11) is 1.72. The second kappa shape index (κ2) is 13.4. The molecule has 1 aromatic carbocycles. The predicted molar refractivity (Wildman–Crippen MR) is 129 cm³/mol. The van der Waals surface area contributed by atoms with Gasteiger partial charge < -0.3 is 16.0 Å². The zero-order valence-electron chi connectivity index (χ0n) is 16.4.